The van der Waals surface area contributed by atoms with Gasteiger partial charge in [0.2, 0.25) is 5.91 Å². The minimum absolute atomic E-state index is 0.132. The standard InChI is InChI=1S/C20H27NO3/c1-24-18-8-4-5-16(13-18)14-20(15-22)9-11-21(12-10-20)19(23)17-6-2-3-7-17/h4-6,8,13,22H,2-3,7,9-12,14-15H2,1H3. The lowest BCUT2D eigenvalue weighted by atomic mass is 9.74. The molecule has 4 heteroatoms. The molecule has 0 aromatic heterocycles. The van der Waals surface area contributed by atoms with Crippen molar-refractivity contribution >= 4 is 5.91 Å². The zero-order chi connectivity index (χ0) is 17.0. The topological polar surface area (TPSA) is 49.8 Å². The highest BCUT2D eigenvalue weighted by Crippen LogP contribution is 2.36. The first-order chi connectivity index (χ1) is 11.7. The van der Waals surface area contributed by atoms with Gasteiger partial charge in [0, 0.05) is 30.7 Å². The van der Waals surface area contributed by atoms with Gasteiger partial charge in [-0.2, -0.15) is 0 Å². The Kier molecular flexibility index (Phi) is 5.24. The molecule has 0 atom stereocenters. The van der Waals surface area contributed by atoms with Gasteiger partial charge < -0.3 is 14.7 Å². The number of benzene rings is 1. The first-order valence-corrected chi connectivity index (χ1v) is 8.88. The molecule has 4 nitrogen and oxygen atoms in total. The summed E-state index contributed by atoms with van der Waals surface area (Å²) in [6, 6.07) is 8.05. The van der Waals surface area contributed by atoms with Crippen molar-refractivity contribution in [3.63, 3.8) is 0 Å². The van der Waals surface area contributed by atoms with Crippen LogP contribution in [0.5, 0.6) is 5.75 Å². The number of piperidine rings is 1. The van der Waals surface area contributed by atoms with Crippen LogP contribution in [0.4, 0.5) is 0 Å². The first kappa shape index (κ1) is 17.0. The summed E-state index contributed by atoms with van der Waals surface area (Å²) in [5.41, 5.74) is 2.04. The van der Waals surface area contributed by atoms with Crippen molar-refractivity contribution in [2.75, 3.05) is 26.8 Å². The van der Waals surface area contributed by atoms with E-state index in [1.807, 2.05) is 23.1 Å². The Morgan fingerprint density at radius 3 is 2.75 bits per heavy atom. The summed E-state index contributed by atoms with van der Waals surface area (Å²) in [6.45, 7) is 1.64. The molecule has 2 aliphatic rings. The van der Waals surface area contributed by atoms with Crippen LogP contribution in [-0.4, -0.2) is 42.7 Å². The third kappa shape index (κ3) is 3.64. The van der Waals surface area contributed by atoms with Gasteiger partial charge >= 0.3 is 0 Å². The molecule has 1 aliphatic heterocycles. The number of rotatable bonds is 5. The average Bonchev–Trinajstić information content (AvgIpc) is 3.16. The van der Waals surface area contributed by atoms with E-state index < -0.39 is 0 Å². The molecule has 0 unspecified atom stereocenters. The van der Waals surface area contributed by atoms with Crippen LogP contribution in [0.15, 0.2) is 35.9 Å². The van der Waals surface area contributed by atoms with Gasteiger partial charge in [-0.1, -0.05) is 18.2 Å². The molecular formula is C20H27NO3. The number of ether oxygens (including phenoxy) is 1. The molecule has 1 aromatic carbocycles. The van der Waals surface area contributed by atoms with Gasteiger partial charge in [-0.05, 0) is 56.2 Å². The van der Waals surface area contributed by atoms with E-state index in [-0.39, 0.29) is 17.9 Å². The van der Waals surface area contributed by atoms with Crippen LogP contribution in [0.25, 0.3) is 0 Å². The summed E-state index contributed by atoms with van der Waals surface area (Å²) < 4.78 is 5.29. The lowest BCUT2D eigenvalue weighted by Gasteiger charge is -2.41. The minimum atomic E-state index is -0.132. The van der Waals surface area contributed by atoms with Crippen molar-refractivity contribution in [2.24, 2.45) is 5.41 Å². The molecule has 1 aliphatic carbocycles. The predicted octanol–water partition coefficient (Wildman–Crippen LogP) is 2.95. The summed E-state index contributed by atoms with van der Waals surface area (Å²) in [5.74, 6) is 1.06. The van der Waals surface area contributed by atoms with Gasteiger partial charge in [-0.3, -0.25) is 4.79 Å². The van der Waals surface area contributed by atoms with Crippen LogP contribution >= 0.6 is 0 Å². The number of hydrogen-bond donors (Lipinski definition) is 1. The Bertz CT molecular complexity index is 615. The van der Waals surface area contributed by atoms with Crippen molar-refractivity contribution in [3.05, 3.63) is 41.5 Å². The van der Waals surface area contributed by atoms with E-state index in [9.17, 15) is 9.90 Å². The average molecular weight is 329 g/mol. The summed E-state index contributed by atoms with van der Waals surface area (Å²) in [7, 11) is 1.67. The second kappa shape index (κ2) is 7.39. The summed E-state index contributed by atoms with van der Waals surface area (Å²) in [5, 5.41) is 10.0. The maximum Gasteiger partial charge on any atom is 0.249 e. The molecule has 3 rings (SSSR count). The number of nitrogens with zero attached hydrogens (tertiary/aromatic N) is 1. The third-order valence-corrected chi connectivity index (χ3v) is 5.48. The summed E-state index contributed by atoms with van der Waals surface area (Å²) in [4.78, 5) is 14.5. The Labute approximate surface area is 144 Å². The Balaban J connectivity index is 1.64. The van der Waals surface area contributed by atoms with E-state index in [1.54, 1.807) is 7.11 Å². The molecule has 1 N–H and O–H groups in total. The van der Waals surface area contributed by atoms with E-state index in [0.717, 1.165) is 62.9 Å². The number of carbonyl (C=O) groups is 1. The van der Waals surface area contributed by atoms with Crippen molar-refractivity contribution in [1.29, 1.82) is 0 Å². The minimum Gasteiger partial charge on any atom is -0.497 e. The number of aliphatic hydroxyl groups excluding tert-OH is 1. The molecule has 1 amide bonds. The molecular weight excluding hydrogens is 302 g/mol. The van der Waals surface area contributed by atoms with Gasteiger partial charge in [0.05, 0.1) is 7.11 Å². The fraction of sp³-hybridized carbons (Fsp3) is 0.550. The van der Waals surface area contributed by atoms with E-state index >= 15 is 0 Å². The predicted molar refractivity (Wildman–Crippen MR) is 94.0 cm³/mol. The monoisotopic (exact) mass is 329 g/mol. The molecule has 0 spiro atoms. The van der Waals surface area contributed by atoms with Crippen molar-refractivity contribution in [1.82, 2.24) is 4.90 Å². The molecule has 24 heavy (non-hydrogen) atoms. The van der Waals surface area contributed by atoms with Gasteiger partial charge in [0.25, 0.3) is 0 Å². The van der Waals surface area contributed by atoms with Crippen molar-refractivity contribution in [2.45, 2.75) is 38.5 Å². The SMILES string of the molecule is COc1cccc(CC2(CO)CCN(C(=O)C3=CCCC3)CC2)c1. The number of allylic oxidation sites excluding steroid dienone is 1. The fourth-order valence-electron chi connectivity index (χ4n) is 3.86. The van der Waals surface area contributed by atoms with E-state index in [1.165, 1.54) is 5.56 Å². The van der Waals surface area contributed by atoms with Crippen molar-refractivity contribution in [3.8, 4) is 5.75 Å². The molecule has 0 saturated carbocycles. The van der Waals surface area contributed by atoms with Crippen LogP contribution in [0.2, 0.25) is 0 Å². The molecule has 1 saturated heterocycles. The Hall–Kier alpha value is -1.81. The van der Waals surface area contributed by atoms with Gasteiger partial charge in [0.15, 0.2) is 0 Å². The maximum absolute atomic E-state index is 12.5. The molecule has 0 bridgehead atoms. The highest BCUT2D eigenvalue weighted by atomic mass is 16.5. The largest absolute Gasteiger partial charge is 0.497 e. The summed E-state index contributed by atoms with van der Waals surface area (Å²) >= 11 is 0. The molecule has 1 aromatic rings. The number of aliphatic hydroxyl groups is 1. The Morgan fingerprint density at radius 1 is 1.33 bits per heavy atom. The van der Waals surface area contributed by atoms with Crippen LogP contribution in [0.3, 0.4) is 0 Å². The summed E-state index contributed by atoms with van der Waals surface area (Å²) in [6.07, 6.45) is 7.66. The first-order valence-electron chi connectivity index (χ1n) is 8.88. The quantitative estimate of drug-likeness (QED) is 0.903. The zero-order valence-corrected chi connectivity index (χ0v) is 14.5. The third-order valence-electron chi connectivity index (χ3n) is 5.48. The lowest BCUT2D eigenvalue weighted by molar-refractivity contribution is -0.130. The van der Waals surface area contributed by atoms with Crippen LogP contribution in [-0.2, 0) is 11.2 Å². The van der Waals surface area contributed by atoms with E-state index in [0.29, 0.717) is 0 Å². The normalized spacial score (nSPS) is 19.9. The van der Waals surface area contributed by atoms with Crippen LogP contribution in [0.1, 0.15) is 37.7 Å². The van der Waals surface area contributed by atoms with Gasteiger partial charge in [-0.15, -0.1) is 0 Å². The maximum atomic E-state index is 12.5. The number of carbonyl (C=O) groups excluding carboxylic acids is 1. The van der Waals surface area contributed by atoms with Crippen LogP contribution < -0.4 is 4.74 Å². The molecule has 1 fully saturated rings. The smallest absolute Gasteiger partial charge is 0.249 e. The van der Waals surface area contributed by atoms with Gasteiger partial charge in [-0.25, -0.2) is 0 Å². The van der Waals surface area contributed by atoms with Crippen molar-refractivity contribution < 1.29 is 14.6 Å². The highest BCUT2D eigenvalue weighted by molar-refractivity contribution is 5.93. The van der Waals surface area contributed by atoms with E-state index in [4.69, 9.17) is 4.74 Å². The number of amides is 1. The van der Waals surface area contributed by atoms with E-state index in [2.05, 4.69) is 12.1 Å². The fourth-order valence-corrected chi connectivity index (χ4v) is 3.86. The lowest BCUT2D eigenvalue weighted by Crippen LogP contribution is -2.46. The molecule has 0 radical (unpaired) electrons. The zero-order valence-electron chi connectivity index (χ0n) is 14.5. The second-order valence-electron chi connectivity index (χ2n) is 7.10. The number of methoxy groups -OCH3 is 1. The molecule has 130 valence electrons. The van der Waals surface area contributed by atoms with Gasteiger partial charge in [0.1, 0.15) is 5.75 Å². The molecule has 1 heterocycles. The highest BCUT2D eigenvalue weighted by Gasteiger charge is 2.36. The Morgan fingerprint density at radius 2 is 2.12 bits per heavy atom. The second-order valence-corrected chi connectivity index (χ2v) is 7.10. The van der Waals surface area contributed by atoms with Crippen LogP contribution in [0, 0.1) is 5.41 Å². The number of likely N-dealkylation sites (tertiary alicyclic amines) is 1. The number of hydrogen-bond acceptors (Lipinski definition) is 3.